The molecule has 0 aliphatic heterocycles. The predicted octanol–water partition coefficient (Wildman–Crippen LogP) is 3.32. The van der Waals surface area contributed by atoms with Crippen LogP contribution in [0.2, 0.25) is 5.02 Å². The summed E-state index contributed by atoms with van der Waals surface area (Å²) in [6.45, 7) is 2.36. The highest BCUT2D eigenvalue weighted by Crippen LogP contribution is 2.17. The molecule has 1 N–H and O–H groups in total. The summed E-state index contributed by atoms with van der Waals surface area (Å²) in [5.74, 6) is 0.648. The van der Waals surface area contributed by atoms with E-state index in [0.717, 1.165) is 5.75 Å². The minimum Gasteiger partial charge on any atom is -0.493 e. The molecule has 0 spiro atoms. The Balaban J connectivity index is 2.24. The van der Waals surface area contributed by atoms with Gasteiger partial charge in [0.05, 0.1) is 6.61 Å². The standard InChI is InChI=1S/C12H15ClO3S/c1-2-11(12(14)15)17-8-7-16-10-5-3-9(13)4-6-10/h3-6,11H,2,7-8H2,1H3,(H,14,15). The summed E-state index contributed by atoms with van der Waals surface area (Å²) >= 11 is 7.14. The van der Waals surface area contributed by atoms with Gasteiger partial charge in [0.1, 0.15) is 11.0 Å². The van der Waals surface area contributed by atoms with Gasteiger partial charge in [0.2, 0.25) is 0 Å². The molecular formula is C12H15ClO3S. The summed E-state index contributed by atoms with van der Waals surface area (Å²) in [4.78, 5) is 10.8. The molecule has 0 aliphatic rings. The SMILES string of the molecule is CCC(SCCOc1ccc(Cl)cc1)C(=O)O. The van der Waals surface area contributed by atoms with Crippen LogP contribution in [0.3, 0.4) is 0 Å². The Hall–Kier alpha value is -0.870. The molecular weight excluding hydrogens is 260 g/mol. The van der Waals surface area contributed by atoms with E-state index in [1.807, 2.05) is 6.92 Å². The van der Waals surface area contributed by atoms with E-state index < -0.39 is 5.97 Å². The van der Waals surface area contributed by atoms with E-state index in [9.17, 15) is 4.79 Å². The number of hydrogen-bond acceptors (Lipinski definition) is 3. The number of ether oxygens (including phenoxy) is 1. The van der Waals surface area contributed by atoms with Gasteiger partial charge >= 0.3 is 5.97 Å². The Kier molecular flexibility index (Phi) is 6.22. The maximum absolute atomic E-state index is 10.8. The molecule has 0 aromatic heterocycles. The van der Waals surface area contributed by atoms with Gasteiger partial charge < -0.3 is 9.84 Å². The van der Waals surface area contributed by atoms with Gasteiger partial charge in [-0.1, -0.05) is 18.5 Å². The second kappa shape index (κ2) is 7.45. The van der Waals surface area contributed by atoms with E-state index in [0.29, 0.717) is 23.8 Å². The second-order valence-electron chi connectivity index (χ2n) is 3.41. The highest BCUT2D eigenvalue weighted by atomic mass is 35.5. The Morgan fingerprint density at radius 2 is 2.12 bits per heavy atom. The fourth-order valence-corrected chi connectivity index (χ4v) is 2.21. The molecule has 5 heteroatoms. The fraction of sp³-hybridized carbons (Fsp3) is 0.417. The van der Waals surface area contributed by atoms with Crippen LogP contribution in [0.15, 0.2) is 24.3 Å². The van der Waals surface area contributed by atoms with Crippen molar-refractivity contribution in [3.05, 3.63) is 29.3 Å². The number of thioether (sulfide) groups is 1. The number of halogens is 1. The lowest BCUT2D eigenvalue weighted by Gasteiger charge is -2.10. The van der Waals surface area contributed by atoms with Gasteiger partial charge in [-0.15, -0.1) is 11.8 Å². The van der Waals surface area contributed by atoms with Crippen molar-refractivity contribution < 1.29 is 14.6 Å². The first-order valence-corrected chi connectivity index (χ1v) is 6.79. The van der Waals surface area contributed by atoms with E-state index >= 15 is 0 Å². The third-order valence-corrected chi connectivity index (χ3v) is 3.72. The maximum Gasteiger partial charge on any atom is 0.316 e. The molecule has 94 valence electrons. The molecule has 0 fully saturated rings. The molecule has 0 heterocycles. The minimum atomic E-state index is -0.760. The van der Waals surface area contributed by atoms with Gasteiger partial charge in [-0.3, -0.25) is 4.79 Å². The first-order valence-electron chi connectivity index (χ1n) is 5.36. The molecule has 3 nitrogen and oxygen atoms in total. The Labute approximate surface area is 110 Å². The molecule has 0 bridgehead atoms. The van der Waals surface area contributed by atoms with Crippen LogP contribution in [0.25, 0.3) is 0 Å². The van der Waals surface area contributed by atoms with Crippen LogP contribution < -0.4 is 4.74 Å². The number of carboxylic acids is 1. The zero-order valence-corrected chi connectivity index (χ0v) is 11.1. The predicted molar refractivity (Wildman–Crippen MR) is 71.1 cm³/mol. The zero-order valence-electron chi connectivity index (χ0n) is 9.56. The molecule has 0 saturated carbocycles. The summed E-state index contributed by atoms with van der Waals surface area (Å²) < 4.78 is 5.46. The lowest BCUT2D eigenvalue weighted by Crippen LogP contribution is -2.16. The average Bonchev–Trinajstić information content (AvgIpc) is 2.31. The van der Waals surface area contributed by atoms with Gasteiger partial charge in [-0.2, -0.15) is 0 Å². The van der Waals surface area contributed by atoms with Crippen molar-refractivity contribution in [3.63, 3.8) is 0 Å². The molecule has 1 unspecified atom stereocenters. The lowest BCUT2D eigenvalue weighted by molar-refractivity contribution is -0.136. The van der Waals surface area contributed by atoms with Crippen molar-refractivity contribution >= 4 is 29.3 Å². The minimum absolute atomic E-state index is 0.344. The molecule has 1 rings (SSSR count). The van der Waals surface area contributed by atoms with Crippen molar-refractivity contribution in [1.29, 1.82) is 0 Å². The van der Waals surface area contributed by atoms with Crippen molar-refractivity contribution in [1.82, 2.24) is 0 Å². The van der Waals surface area contributed by atoms with Crippen LogP contribution in [-0.4, -0.2) is 28.7 Å². The van der Waals surface area contributed by atoms with Gasteiger partial charge in [0.25, 0.3) is 0 Å². The van der Waals surface area contributed by atoms with Crippen LogP contribution in [0.4, 0.5) is 0 Å². The third-order valence-electron chi connectivity index (χ3n) is 2.13. The number of carbonyl (C=O) groups is 1. The summed E-state index contributed by atoms with van der Waals surface area (Å²) in [5, 5.41) is 9.17. The summed E-state index contributed by atoms with van der Waals surface area (Å²) in [6.07, 6.45) is 0.626. The van der Waals surface area contributed by atoms with Gasteiger partial charge in [0, 0.05) is 10.8 Å². The van der Waals surface area contributed by atoms with Crippen LogP contribution in [-0.2, 0) is 4.79 Å². The second-order valence-corrected chi connectivity index (χ2v) is 5.16. The Morgan fingerprint density at radius 3 is 2.65 bits per heavy atom. The molecule has 1 aromatic rings. The van der Waals surface area contributed by atoms with Gasteiger partial charge in [-0.05, 0) is 30.7 Å². The molecule has 1 atom stereocenters. The first kappa shape index (κ1) is 14.2. The van der Waals surface area contributed by atoms with Gasteiger partial charge in [0.15, 0.2) is 0 Å². The number of rotatable bonds is 7. The Morgan fingerprint density at radius 1 is 1.47 bits per heavy atom. The highest BCUT2D eigenvalue weighted by molar-refractivity contribution is 8.00. The largest absolute Gasteiger partial charge is 0.493 e. The van der Waals surface area contributed by atoms with Crippen LogP contribution in [0.1, 0.15) is 13.3 Å². The van der Waals surface area contributed by atoms with Crippen molar-refractivity contribution in [3.8, 4) is 5.75 Å². The zero-order chi connectivity index (χ0) is 12.7. The number of carboxylic acid groups (broad SMARTS) is 1. The number of hydrogen-bond donors (Lipinski definition) is 1. The van der Waals surface area contributed by atoms with Crippen molar-refractivity contribution in [2.45, 2.75) is 18.6 Å². The van der Waals surface area contributed by atoms with E-state index in [1.54, 1.807) is 24.3 Å². The molecule has 0 saturated heterocycles. The van der Waals surface area contributed by atoms with E-state index in [4.69, 9.17) is 21.4 Å². The first-order chi connectivity index (χ1) is 8.13. The monoisotopic (exact) mass is 274 g/mol. The number of aliphatic carboxylic acids is 1. The van der Waals surface area contributed by atoms with Crippen LogP contribution in [0.5, 0.6) is 5.75 Å². The van der Waals surface area contributed by atoms with E-state index in [-0.39, 0.29) is 5.25 Å². The summed E-state index contributed by atoms with van der Waals surface area (Å²) in [5.41, 5.74) is 0. The van der Waals surface area contributed by atoms with E-state index in [2.05, 4.69) is 0 Å². The molecule has 17 heavy (non-hydrogen) atoms. The molecule has 0 amide bonds. The number of benzene rings is 1. The summed E-state index contributed by atoms with van der Waals surface area (Å²) in [6, 6.07) is 7.11. The molecule has 0 aliphatic carbocycles. The van der Waals surface area contributed by atoms with E-state index in [1.165, 1.54) is 11.8 Å². The Bertz CT molecular complexity index is 353. The smallest absolute Gasteiger partial charge is 0.316 e. The quantitative estimate of drug-likeness (QED) is 0.775. The van der Waals surface area contributed by atoms with Crippen molar-refractivity contribution in [2.75, 3.05) is 12.4 Å². The molecule has 1 aromatic carbocycles. The summed E-state index contributed by atoms with van der Waals surface area (Å²) in [7, 11) is 0. The van der Waals surface area contributed by atoms with Crippen LogP contribution >= 0.6 is 23.4 Å². The lowest BCUT2D eigenvalue weighted by atomic mass is 10.3. The normalized spacial score (nSPS) is 12.1. The average molecular weight is 275 g/mol. The maximum atomic E-state index is 10.8. The van der Waals surface area contributed by atoms with Gasteiger partial charge in [-0.25, -0.2) is 0 Å². The highest BCUT2D eigenvalue weighted by Gasteiger charge is 2.14. The fourth-order valence-electron chi connectivity index (χ4n) is 1.24. The molecule has 0 radical (unpaired) electrons. The van der Waals surface area contributed by atoms with Crippen molar-refractivity contribution in [2.24, 2.45) is 0 Å². The third kappa shape index (κ3) is 5.33. The van der Waals surface area contributed by atoms with Crippen LogP contribution in [0, 0.1) is 0 Å². The topological polar surface area (TPSA) is 46.5 Å².